The Hall–Kier alpha value is -2.06. The summed E-state index contributed by atoms with van der Waals surface area (Å²) < 4.78 is 4.45. The van der Waals surface area contributed by atoms with Gasteiger partial charge in [-0.25, -0.2) is 4.79 Å². The van der Waals surface area contributed by atoms with Crippen molar-refractivity contribution in [1.29, 1.82) is 0 Å². The molecule has 0 bridgehead atoms. The van der Waals surface area contributed by atoms with Crippen LogP contribution in [0.5, 0.6) is 0 Å². The molecule has 0 unspecified atom stereocenters. The third kappa shape index (κ3) is 2.51. The van der Waals surface area contributed by atoms with Crippen LogP contribution in [0.3, 0.4) is 0 Å². The summed E-state index contributed by atoms with van der Waals surface area (Å²) in [6, 6.07) is 8.48. The summed E-state index contributed by atoms with van der Waals surface area (Å²) in [4.78, 5) is 37.9. The fourth-order valence-electron chi connectivity index (χ4n) is 3.52. The molecular formula is C17H20N2O5S. The predicted octanol–water partition coefficient (Wildman–Crippen LogP) is 0.835. The summed E-state index contributed by atoms with van der Waals surface area (Å²) in [5.41, 5.74) is -0.889. The van der Waals surface area contributed by atoms with E-state index in [1.54, 1.807) is 13.8 Å². The van der Waals surface area contributed by atoms with Crippen molar-refractivity contribution in [2.45, 2.75) is 42.2 Å². The lowest BCUT2D eigenvalue weighted by Crippen LogP contribution is -2.76. The Bertz CT molecular complexity index is 723. The molecule has 0 saturated carbocycles. The minimum absolute atomic E-state index is 0.166. The van der Waals surface area contributed by atoms with Crippen LogP contribution in [0.1, 0.15) is 19.4 Å². The molecule has 3 atom stereocenters. The molecule has 0 aromatic heterocycles. The summed E-state index contributed by atoms with van der Waals surface area (Å²) in [5.74, 6) is -1.92. The first kappa shape index (κ1) is 17.8. The van der Waals surface area contributed by atoms with Gasteiger partial charge < -0.3 is 15.2 Å². The van der Waals surface area contributed by atoms with E-state index in [1.165, 1.54) is 23.8 Å². The highest BCUT2D eigenvalue weighted by Crippen LogP contribution is 2.57. The van der Waals surface area contributed by atoms with E-state index in [0.29, 0.717) is 0 Å². The van der Waals surface area contributed by atoms with Crippen molar-refractivity contribution >= 4 is 29.5 Å². The first-order valence-corrected chi connectivity index (χ1v) is 8.75. The van der Waals surface area contributed by atoms with Gasteiger partial charge in [0.05, 0.1) is 11.2 Å². The van der Waals surface area contributed by atoms with Crippen LogP contribution >= 0.6 is 11.8 Å². The smallest absolute Gasteiger partial charge is 0.359 e. The number of amides is 2. The number of fused-ring (bicyclic) bond motifs is 1. The van der Waals surface area contributed by atoms with E-state index in [4.69, 9.17) is 4.74 Å². The highest BCUT2D eigenvalue weighted by atomic mass is 32.2. The van der Waals surface area contributed by atoms with Gasteiger partial charge in [0, 0.05) is 7.11 Å². The van der Waals surface area contributed by atoms with Crippen molar-refractivity contribution in [2.24, 2.45) is 0 Å². The average molecular weight is 364 g/mol. The molecule has 8 heteroatoms. The number of carbonyl (C=O) groups excluding carboxylic acids is 2. The molecule has 2 aliphatic rings. The Morgan fingerprint density at radius 2 is 1.96 bits per heavy atom. The summed E-state index contributed by atoms with van der Waals surface area (Å²) >= 11 is 1.32. The molecule has 2 heterocycles. The molecule has 1 aromatic rings. The van der Waals surface area contributed by atoms with Crippen LogP contribution in [0.15, 0.2) is 30.3 Å². The molecule has 2 amide bonds. The van der Waals surface area contributed by atoms with Gasteiger partial charge in [-0.3, -0.25) is 14.5 Å². The van der Waals surface area contributed by atoms with Crippen molar-refractivity contribution in [3.8, 4) is 0 Å². The number of nitrogens with zero attached hydrogens (tertiary/aromatic N) is 1. The maximum atomic E-state index is 12.6. The van der Waals surface area contributed by atoms with Crippen molar-refractivity contribution in [2.75, 3.05) is 7.11 Å². The summed E-state index contributed by atoms with van der Waals surface area (Å²) in [6.45, 7) is 3.45. The minimum atomic E-state index is -1.74. The van der Waals surface area contributed by atoms with E-state index in [2.05, 4.69) is 5.32 Å². The zero-order chi connectivity index (χ0) is 18.4. The molecule has 2 fully saturated rings. The molecule has 2 saturated heterocycles. The molecule has 0 spiro atoms. The van der Waals surface area contributed by atoms with E-state index >= 15 is 0 Å². The van der Waals surface area contributed by atoms with Gasteiger partial charge in [0.2, 0.25) is 5.91 Å². The number of hydrogen-bond acceptors (Lipinski definition) is 5. The lowest BCUT2D eigenvalue weighted by atomic mass is 9.91. The molecule has 25 heavy (non-hydrogen) atoms. The number of nitrogens with one attached hydrogen (secondary N) is 1. The van der Waals surface area contributed by atoms with Crippen molar-refractivity contribution in [3.05, 3.63) is 35.9 Å². The van der Waals surface area contributed by atoms with Gasteiger partial charge in [-0.15, -0.1) is 11.8 Å². The Morgan fingerprint density at radius 3 is 2.52 bits per heavy atom. The number of aliphatic carboxylic acids is 1. The third-order valence-electron chi connectivity index (χ3n) is 4.72. The highest BCUT2D eigenvalue weighted by Gasteiger charge is 2.74. The van der Waals surface area contributed by atoms with Gasteiger partial charge >= 0.3 is 5.97 Å². The number of carbonyl (C=O) groups is 3. The number of benzene rings is 1. The Labute approximate surface area is 149 Å². The Kier molecular flexibility index (Phi) is 4.28. The van der Waals surface area contributed by atoms with Gasteiger partial charge in [-0.2, -0.15) is 0 Å². The maximum absolute atomic E-state index is 12.6. The lowest BCUT2D eigenvalue weighted by Gasteiger charge is -2.48. The Morgan fingerprint density at radius 1 is 1.32 bits per heavy atom. The molecule has 3 rings (SSSR count). The van der Waals surface area contributed by atoms with E-state index < -0.39 is 33.8 Å². The number of methoxy groups -OCH3 is 1. The highest BCUT2D eigenvalue weighted by molar-refractivity contribution is 8.01. The largest absolute Gasteiger partial charge is 0.478 e. The average Bonchev–Trinajstić information content (AvgIpc) is 2.78. The van der Waals surface area contributed by atoms with E-state index in [0.717, 1.165) is 5.56 Å². The molecule has 2 N–H and O–H groups in total. The van der Waals surface area contributed by atoms with Gasteiger partial charge in [0.25, 0.3) is 11.6 Å². The normalized spacial score (nSPS) is 29.7. The standard InChI is InChI=1S/C17H20N2O5S/c1-16(2)17(24-3,15(22)23)19-13(21)12(14(19)25-16)18-11(20)9-10-7-5-4-6-8-10/h4-8,12,14H,9H2,1-3H3,(H,18,20)(H,22,23)/t12-,14+,17+/m0/s1. The van der Waals surface area contributed by atoms with Gasteiger partial charge in [-0.1, -0.05) is 30.3 Å². The minimum Gasteiger partial charge on any atom is -0.478 e. The first-order valence-electron chi connectivity index (χ1n) is 7.87. The molecule has 2 aliphatic heterocycles. The monoisotopic (exact) mass is 364 g/mol. The second-order valence-electron chi connectivity index (χ2n) is 6.59. The molecule has 7 nitrogen and oxygen atoms in total. The number of rotatable bonds is 5. The van der Waals surface area contributed by atoms with Gasteiger partial charge in [-0.05, 0) is 19.4 Å². The van der Waals surface area contributed by atoms with Crippen LogP contribution in [0.4, 0.5) is 0 Å². The van der Waals surface area contributed by atoms with Crippen LogP contribution in [-0.4, -0.2) is 56.8 Å². The quantitative estimate of drug-likeness (QED) is 0.752. The first-order chi connectivity index (χ1) is 11.7. The number of ether oxygens (including phenoxy) is 1. The van der Waals surface area contributed by atoms with Gasteiger partial charge in [0.1, 0.15) is 11.4 Å². The second-order valence-corrected chi connectivity index (χ2v) is 8.33. The molecule has 0 aliphatic carbocycles. The lowest BCUT2D eigenvalue weighted by molar-refractivity contribution is -0.211. The van der Waals surface area contributed by atoms with Crippen molar-refractivity contribution < 1.29 is 24.2 Å². The number of β-lactam (4-membered cyclic amide) rings is 1. The van der Waals surface area contributed by atoms with E-state index in [9.17, 15) is 19.5 Å². The molecule has 0 radical (unpaired) electrons. The number of carboxylic acids is 1. The van der Waals surface area contributed by atoms with E-state index in [1.807, 2.05) is 30.3 Å². The zero-order valence-electron chi connectivity index (χ0n) is 14.2. The van der Waals surface area contributed by atoms with Crippen LogP contribution < -0.4 is 5.32 Å². The SMILES string of the molecule is CO[C@@]1(C(=O)O)N2C(=O)[C@H](NC(=O)Cc3ccccc3)[C@H]2SC1(C)C. The topological polar surface area (TPSA) is 95.9 Å². The molecule has 134 valence electrons. The number of hydrogen-bond donors (Lipinski definition) is 2. The summed E-state index contributed by atoms with van der Waals surface area (Å²) in [7, 11) is 1.29. The fraction of sp³-hybridized carbons (Fsp3) is 0.471. The van der Waals surface area contributed by atoms with Crippen LogP contribution in [-0.2, 0) is 25.5 Å². The zero-order valence-corrected chi connectivity index (χ0v) is 15.0. The molecule has 1 aromatic carbocycles. The van der Waals surface area contributed by atoms with Crippen LogP contribution in [0.25, 0.3) is 0 Å². The predicted molar refractivity (Wildman–Crippen MR) is 91.8 cm³/mol. The van der Waals surface area contributed by atoms with Crippen molar-refractivity contribution in [1.82, 2.24) is 10.2 Å². The number of thioether (sulfide) groups is 1. The number of carboxylic acid groups (broad SMARTS) is 1. The van der Waals surface area contributed by atoms with Crippen LogP contribution in [0, 0.1) is 0 Å². The Balaban J connectivity index is 1.75. The van der Waals surface area contributed by atoms with E-state index in [-0.39, 0.29) is 12.3 Å². The fourth-order valence-corrected chi connectivity index (χ4v) is 5.23. The molecular weight excluding hydrogens is 344 g/mol. The van der Waals surface area contributed by atoms with Crippen LogP contribution in [0.2, 0.25) is 0 Å². The summed E-state index contributed by atoms with van der Waals surface area (Å²) in [5, 5.41) is 11.9. The van der Waals surface area contributed by atoms with Crippen molar-refractivity contribution in [3.63, 3.8) is 0 Å². The maximum Gasteiger partial charge on any atom is 0.359 e. The third-order valence-corrected chi connectivity index (χ3v) is 6.31. The second kappa shape index (κ2) is 6.03. The summed E-state index contributed by atoms with van der Waals surface area (Å²) in [6.07, 6.45) is 0.166. The van der Waals surface area contributed by atoms with Gasteiger partial charge in [0.15, 0.2) is 0 Å².